The van der Waals surface area contributed by atoms with Gasteiger partial charge in [-0.3, -0.25) is 0 Å². The molecule has 0 atom stereocenters. The molecular formula is C23H25N5. The van der Waals surface area contributed by atoms with Gasteiger partial charge in [0.15, 0.2) is 5.65 Å². The summed E-state index contributed by atoms with van der Waals surface area (Å²) in [6, 6.07) is 18.8. The van der Waals surface area contributed by atoms with Crippen LogP contribution in [0, 0.1) is 0 Å². The third-order valence-electron chi connectivity index (χ3n) is 4.89. The van der Waals surface area contributed by atoms with Crippen molar-refractivity contribution in [3.8, 4) is 11.1 Å². The van der Waals surface area contributed by atoms with E-state index in [-0.39, 0.29) is 0 Å². The molecule has 0 aliphatic heterocycles. The van der Waals surface area contributed by atoms with Crippen LogP contribution in [0.25, 0.3) is 16.8 Å². The monoisotopic (exact) mass is 371 g/mol. The lowest BCUT2D eigenvalue weighted by molar-refractivity contribution is 0.867. The van der Waals surface area contributed by atoms with Crippen molar-refractivity contribution < 1.29 is 0 Å². The summed E-state index contributed by atoms with van der Waals surface area (Å²) >= 11 is 0. The first-order valence-corrected chi connectivity index (χ1v) is 9.50. The lowest BCUT2D eigenvalue weighted by atomic mass is 10.0. The highest BCUT2D eigenvalue weighted by atomic mass is 15.2. The number of hydrogen-bond acceptors (Lipinski definition) is 4. The number of aromatic nitrogens is 3. The number of benzene rings is 2. The van der Waals surface area contributed by atoms with Gasteiger partial charge in [0.05, 0.1) is 6.20 Å². The number of hydrogen-bond donors (Lipinski definition) is 1. The second kappa shape index (κ2) is 7.35. The molecule has 0 bridgehead atoms. The van der Waals surface area contributed by atoms with Crippen molar-refractivity contribution in [1.82, 2.24) is 14.6 Å². The normalized spacial score (nSPS) is 11.2. The van der Waals surface area contributed by atoms with Gasteiger partial charge in [0, 0.05) is 37.2 Å². The average molecular weight is 371 g/mol. The number of nitrogens with zero attached hydrogens (tertiary/aromatic N) is 4. The van der Waals surface area contributed by atoms with Gasteiger partial charge in [-0.25, -0.2) is 9.50 Å². The largest absolute Gasteiger partial charge is 0.378 e. The van der Waals surface area contributed by atoms with Gasteiger partial charge < -0.3 is 10.2 Å². The Morgan fingerprint density at radius 3 is 2.50 bits per heavy atom. The van der Waals surface area contributed by atoms with Gasteiger partial charge in [0.2, 0.25) is 0 Å². The fourth-order valence-corrected chi connectivity index (χ4v) is 3.19. The number of rotatable bonds is 5. The molecule has 0 aliphatic carbocycles. The molecule has 142 valence electrons. The summed E-state index contributed by atoms with van der Waals surface area (Å²) in [6.45, 7) is 4.40. The molecule has 4 rings (SSSR count). The second-order valence-electron chi connectivity index (χ2n) is 7.49. The summed E-state index contributed by atoms with van der Waals surface area (Å²) < 4.78 is 1.81. The Balaban J connectivity index is 1.67. The highest BCUT2D eigenvalue weighted by Gasteiger charge is 2.10. The van der Waals surface area contributed by atoms with Gasteiger partial charge in [0.25, 0.3) is 0 Å². The van der Waals surface area contributed by atoms with E-state index in [4.69, 9.17) is 4.98 Å². The zero-order valence-electron chi connectivity index (χ0n) is 16.7. The van der Waals surface area contributed by atoms with Crippen LogP contribution in [0.4, 0.5) is 17.2 Å². The maximum Gasteiger partial charge on any atom is 0.165 e. The molecule has 2 heterocycles. The van der Waals surface area contributed by atoms with E-state index in [9.17, 15) is 0 Å². The third kappa shape index (κ3) is 3.56. The first-order chi connectivity index (χ1) is 13.5. The van der Waals surface area contributed by atoms with Crippen molar-refractivity contribution in [2.45, 2.75) is 19.8 Å². The quantitative estimate of drug-likeness (QED) is 0.515. The van der Waals surface area contributed by atoms with Crippen molar-refractivity contribution in [3.05, 3.63) is 72.6 Å². The van der Waals surface area contributed by atoms with Crippen molar-refractivity contribution in [2.24, 2.45) is 0 Å². The molecule has 0 saturated heterocycles. The minimum absolute atomic E-state index is 0.524. The molecule has 1 N–H and O–H groups in total. The number of anilines is 3. The van der Waals surface area contributed by atoms with E-state index in [0.717, 1.165) is 34.0 Å². The first kappa shape index (κ1) is 18.0. The molecular weight excluding hydrogens is 346 g/mol. The smallest absolute Gasteiger partial charge is 0.165 e. The minimum Gasteiger partial charge on any atom is -0.378 e. The van der Waals surface area contributed by atoms with E-state index >= 15 is 0 Å². The SMILES string of the molecule is CC(C)c1ccc(Nc2ccn3ncc(-c4cccc(N(C)C)c4)c3n2)cc1. The molecule has 0 amide bonds. The Morgan fingerprint density at radius 2 is 1.79 bits per heavy atom. The molecule has 4 aromatic rings. The topological polar surface area (TPSA) is 45.5 Å². The molecule has 0 saturated carbocycles. The molecule has 0 radical (unpaired) electrons. The van der Waals surface area contributed by atoms with Crippen molar-refractivity contribution in [3.63, 3.8) is 0 Å². The summed E-state index contributed by atoms with van der Waals surface area (Å²) in [7, 11) is 4.08. The van der Waals surface area contributed by atoms with Crippen LogP contribution < -0.4 is 10.2 Å². The van der Waals surface area contributed by atoms with Crippen molar-refractivity contribution >= 4 is 22.8 Å². The standard InChI is InChI=1S/C23H25N5/c1-16(2)17-8-10-19(11-9-17)25-22-12-13-28-23(26-22)21(15-24-28)18-6-5-7-20(14-18)27(3)4/h5-16H,1-4H3,(H,25,26). The Labute approximate surface area is 165 Å². The molecule has 2 aromatic heterocycles. The third-order valence-corrected chi connectivity index (χ3v) is 4.89. The summed E-state index contributed by atoms with van der Waals surface area (Å²) in [6.07, 6.45) is 3.81. The maximum atomic E-state index is 4.81. The van der Waals surface area contributed by atoms with E-state index in [0.29, 0.717) is 5.92 Å². The minimum atomic E-state index is 0.524. The second-order valence-corrected chi connectivity index (χ2v) is 7.49. The lowest BCUT2D eigenvalue weighted by Gasteiger charge is -2.13. The molecule has 0 aliphatic rings. The van der Waals surface area contributed by atoms with Gasteiger partial charge in [-0.15, -0.1) is 0 Å². The predicted octanol–water partition coefficient (Wildman–Crippen LogP) is 5.33. The fraction of sp³-hybridized carbons (Fsp3) is 0.217. The van der Waals surface area contributed by atoms with Gasteiger partial charge in [-0.1, -0.05) is 38.1 Å². The summed E-state index contributed by atoms with van der Waals surface area (Å²) in [4.78, 5) is 6.91. The fourth-order valence-electron chi connectivity index (χ4n) is 3.19. The van der Waals surface area contributed by atoms with Gasteiger partial charge in [-0.2, -0.15) is 5.10 Å². The van der Waals surface area contributed by atoms with E-state index in [2.05, 4.69) is 77.7 Å². The van der Waals surface area contributed by atoms with Crippen molar-refractivity contribution in [2.75, 3.05) is 24.3 Å². The predicted molar refractivity (Wildman–Crippen MR) is 117 cm³/mol. The van der Waals surface area contributed by atoms with Crippen LogP contribution in [0.5, 0.6) is 0 Å². The van der Waals surface area contributed by atoms with Crippen LogP contribution in [-0.2, 0) is 0 Å². The average Bonchev–Trinajstić information content (AvgIpc) is 3.12. The zero-order valence-corrected chi connectivity index (χ0v) is 16.7. The highest BCUT2D eigenvalue weighted by molar-refractivity contribution is 5.80. The van der Waals surface area contributed by atoms with Crippen LogP contribution in [0.15, 0.2) is 67.0 Å². The van der Waals surface area contributed by atoms with Crippen LogP contribution in [0.3, 0.4) is 0 Å². The highest BCUT2D eigenvalue weighted by Crippen LogP contribution is 2.28. The van der Waals surface area contributed by atoms with Gasteiger partial charge in [0.1, 0.15) is 5.82 Å². The zero-order chi connectivity index (χ0) is 19.7. The molecule has 5 heteroatoms. The van der Waals surface area contributed by atoms with Crippen molar-refractivity contribution in [1.29, 1.82) is 0 Å². The van der Waals surface area contributed by atoms with Gasteiger partial charge in [-0.05, 0) is 47.4 Å². The van der Waals surface area contributed by atoms with E-state index in [1.165, 1.54) is 5.56 Å². The summed E-state index contributed by atoms with van der Waals surface area (Å²) in [5.41, 5.74) is 6.45. The van der Waals surface area contributed by atoms with Crippen LogP contribution in [0.2, 0.25) is 0 Å². The van der Waals surface area contributed by atoms with Gasteiger partial charge >= 0.3 is 0 Å². The molecule has 2 aromatic carbocycles. The first-order valence-electron chi connectivity index (χ1n) is 9.50. The Hall–Kier alpha value is -3.34. The molecule has 0 spiro atoms. The van der Waals surface area contributed by atoms with E-state index in [1.807, 2.05) is 37.1 Å². The van der Waals surface area contributed by atoms with Crippen LogP contribution in [-0.4, -0.2) is 28.7 Å². The summed E-state index contributed by atoms with van der Waals surface area (Å²) in [5, 5.41) is 7.86. The Bertz CT molecular complexity index is 1090. The lowest BCUT2D eigenvalue weighted by Crippen LogP contribution is -2.08. The summed E-state index contributed by atoms with van der Waals surface area (Å²) in [5.74, 6) is 1.33. The van der Waals surface area contributed by atoms with Crippen LogP contribution >= 0.6 is 0 Å². The van der Waals surface area contributed by atoms with Crippen LogP contribution in [0.1, 0.15) is 25.3 Å². The number of nitrogens with one attached hydrogen (secondary N) is 1. The molecule has 28 heavy (non-hydrogen) atoms. The van der Waals surface area contributed by atoms with E-state index in [1.54, 1.807) is 0 Å². The Kier molecular flexibility index (Phi) is 4.74. The number of fused-ring (bicyclic) bond motifs is 1. The van der Waals surface area contributed by atoms with E-state index < -0.39 is 0 Å². The maximum absolute atomic E-state index is 4.81. The molecule has 0 unspecified atom stereocenters. The molecule has 0 fully saturated rings. The Morgan fingerprint density at radius 1 is 1.00 bits per heavy atom. The molecule has 5 nitrogen and oxygen atoms in total.